The number of amides is 1. The second-order valence-corrected chi connectivity index (χ2v) is 6.19. The van der Waals surface area contributed by atoms with E-state index in [0.717, 1.165) is 4.40 Å². The highest BCUT2D eigenvalue weighted by atomic mass is 35.5. The molecule has 1 atom stereocenters. The van der Waals surface area contributed by atoms with E-state index in [1.807, 2.05) is 13.1 Å². The van der Waals surface area contributed by atoms with Crippen molar-refractivity contribution in [2.24, 2.45) is 0 Å². The van der Waals surface area contributed by atoms with Crippen molar-refractivity contribution in [2.75, 3.05) is 0 Å². The van der Waals surface area contributed by atoms with Gasteiger partial charge in [-0.1, -0.05) is 18.5 Å². The summed E-state index contributed by atoms with van der Waals surface area (Å²) < 4.78 is 17.4. The third-order valence-electron chi connectivity index (χ3n) is 4.06. The fraction of sp³-hybridized carbons (Fsp3) is 0.176. The van der Waals surface area contributed by atoms with E-state index < -0.39 is 17.9 Å². The van der Waals surface area contributed by atoms with Gasteiger partial charge in [0.25, 0.3) is 5.91 Å². The first kappa shape index (κ1) is 16.5. The number of nitrogens with one attached hydrogen (secondary N) is 1. The van der Waals surface area contributed by atoms with Gasteiger partial charge in [0, 0.05) is 24.8 Å². The average molecular weight is 373 g/mol. The van der Waals surface area contributed by atoms with Crippen LogP contribution in [0, 0.1) is 5.95 Å². The van der Waals surface area contributed by atoms with E-state index in [1.54, 1.807) is 35.0 Å². The van der Waals surface area contributed by atoms with Gasteiger partial charge >= 0.3 is 0 Å². The molecule has 26 heavy (non-hydrogen) atoms. The van der Waals surface area contributed by atoms with Crippen LogP contribution in [0.5, 0.6) is 0 Å². The Morgan fingerprint density at radius 3 is 2.96 bits per heavy atom. The predicted molar refractivity (Wildman–Crippen MR) is 93.6 cm³/mol. The normalized spacial score (nSPS) is 12.6. The quantitative estimate of drug-likeness (QED) is 0.597. The summed E-state index contributed by atoms with van der Waals surface area (Å²) in [5, 5.41) is 3.14. The second-order valence-electron chi connectivity index (χ2n) is 5.75. The van der Waals surface area contributed by atoms with Crippen LogP contribution in [0.15, 0.2) is 43.0 Å². The van der Waals surface area contributed by atoms with Gasteiger partial charge in [-0.25, -0.2) is 15.0 Å². The second kappa shape index (κ2) is 6.38. The molecule has 4 aromatic heterocycles. The number of imidazole rings is 2. The van der Waals surface area contributed by atoms with Crippen LogP contribution >= 0.6 is 11.6 Å². The van der Waals surface area contributed by atoms with Crippen LogP contribution in [-0.2, 0) is 0 Å². The Bertz CT molecular complexity index is 1090. The monoisotopic (exact) mass is 372 g/mol. The van der Waals surface area contributed by atoms with E-state index >= 15 is 0 Å². The minimum Gasteiger partial charge on any atom is -0.342 e. The van der Waals surface area contributed by atoms with Crippen molar-refractivity contribution in [1.82, 2.24) is 29.1 Å². The lowest BCUT2D eigenvalue weighted by Crippen LogP contribution is -2.29. The van der Waals surface area contributed by atoms with E-state index in [9.17, 15) is 9.18 Å². The van der Waals surface area contributed by atoms with E-state index in [0.29, 0.717) is 28.6 Å². The van der Waals surface area contributed by atoms with Crippen molar-refractivity contribution in [3.8, 4) is 0 Å². The number of aromatic nitrogens is 5. The molecule has 132 valence electrons. The van der Waals surface area contributed by atoms with Crippen molar-refractivity contribution in [2.45, 2.75) is 19.4 Å². The van der Waals surface area contributed by atoms with Crippen LogP contribution in [0.1, 0.15) is 35.6 Å². The molecule has 0 bridgehead atoms. The molecular formula is C17H14ClFN6O. The molecule has 0 aliphatic heterocycles. The van der Waals surface area contributed by atoms with Gasteiger partial charge in [-0.3, -0.25) is 13.6 Å². The van der Waals surface area contributed by atoms with Crippen molar-refractivity contribution in [1.29, 1.82) is 0 Å². The molecule has 0 fully saturated rings. The van der Waals surface area contributed by atoms with Gasteiger partial charge in [-0.2, -0.15) is 4.39 Å². The van der Waals surface area contributed by atoms with Crippen molar-refractivity contribution < 1.29 is 9.18 Å². The molecule has 0 aliphatic rings. The molecule has 1 amide bonds. The lowest BCUT2D eigenvalue weighted by molar-refractivity contribution is 0.0925. The van der Waals surface area contributed by atoms with E-state index in [-0.39, 0.29) is 5.69 Å². The summed E-state index contributed by atoms with van der Waals surface area (Å²) in [6.07, 6.45) is 7.20. The third-order valence-corrected chi connectivity index (χ3v) is 4.29. The average Bonchev–Trinajstić information content (AvgIpc) is 3.21. The van der Waals surface area contributed by atoms with Gasteiger partial charge in [0.1, 0.15) is 5.65 Å². The van der Waals surface area contributed by atoms with Crippen LogP contribution in [0.25, 0.3) is 11.4 Å². The van der Waals surface area contributed by atoms with Crippen LogP contribution < -0.4 is 5.32 Å². The Labute approximate surface area is 152 Å². The van der Waals surface area contributed by atoms with E-state index in [4.69, 9.17) is 11.6 Å². The number of hydrogen-bond donors (Lipinski definition) is 1. The lowest BCUT2D eigenvalue weighted by atomic mass is 10.1. The van der Waals surface area contributed by atoms with Crippen molar-refractivity contribution in [3.63, 3.8) is 0 Å². The van der Waals surface area contributed by atoms with Crippen LogP contribution in [0.4, 0.5) is 4.39 Å². The number of nitrogens with zero attached hydrogens (tertiary/aromatic N) is 5. The molecule has 1 N–H and O–H groups in total. The van der Waals surface area contributed by atoms with Crippen molar-refractivity contribution in [3.05, 3.63) is 65.3 Å². The van der Waals surface area contributed by atoms with Gasteiger partial charge in [0.15, 0.2) is 5.69 Å². The Balaban J connectivity index is 1.64. The fourth-order valence-corrected chi connectivity index (χ4v) is 2.92. The van der Waals surface area contributed by atoms with E-state index in [1.165, 1.54) is 6.20 Å². The molecule has 0 saturated carbocycles. The van der Waals surface area contributed by atoms with Gasteiger partial charge < -0.3 is 5.32 Å². The number of fused-ring (bicyclic) bond motifs is 2. The van der Waals surface area contributed by atoms with Gasteiger partial charge in [0.2, 0.25) is 11.7 Å². The zero-order valence-electron chi connectivity index (χ0n) is 13.7. The van der Waals surface area contributed by atoms with Gasteiger partial charge in [0.05, 0.1) is 16.8 Å². The van der Waals surface area contributed by atoms with Crippen molar-refractivity contribution >= 4 is 28.9 Å². The summed E-state index contributed by atoms with van der Waals surface area (Å²) in [6, 6.07) is 4.53. The highest BCUT2D eigenvalue weighted by Crippen LogP contribution is 2.19. The summed E-state index contributed by atoms with van der Waals surface area (Å²) in [5.74, 6) is -0.838. The summed E-state index contributed by atoms with van der Waals surface area (Å²) in [5.41, 5.74) is 0.668. The molecule has 0 unspecified atom stereocenters. The lowest BCUT2D eigenvalue weighted by Gasteiger charge is -2.13. The Morgan fingerprint density at radius 2 is 2.19 bits per heavy atom. The predicted octanol–water partition coefficient (Wildman–Crippen LogP) is 3.05. The van der Waals surface area contributed by atoms with Crippen LogP contribution in [0.3, 0.4) is 0 Å². The molecule has 0 aromatic carbocycles. The number of carbonyl (C=O) groups excluding carboxylic acids is 1. The molecule has 0 spiro atoms. The number of halogens is 2. The van der Waals surface area contributed by atoms with Gasteiger partial charge in [-0.15, -0.1) is 0 Å². The summed E-state index contributed by atoms with van der Waals surface area (Å²) >= 11 is 5.87. The zero-order chi connectivity index (χ0) is 18.3. The minimum absolute atomic E-state index is 0.285. The molecule has 4 heterocycles. The Kier molecular flexibility index (Phi) is 4.04. The maximum Gasteiger partial charge on any atom is 0.275 e. The standard InChI is InChI=1S/C17H14ClFN6O/c1-2-11(12-9-24-7-3-6-20-17(24)22-12)21-16(26)14-15(19)25-8-10(18)4-5-13(25)23-14/h3-9,11H,2H2,1H3,(H,21,26)/t11-/m1/s1. The highest BCUT2D eigenvalue weighted by molar-refractivity contribution is 6.30. The number of pyridine rings is 1. The number of rotatable bonds is 4. The number of hydrogen-bond acceptors (Lipinski definition) is 4. The van der Waals surface area contributed by atoms with E-state index in [2.05, 4.69) is 20.3 Å². The zero-order valence-corrected chi connectivity index (χ0v) is 14.5. The smallest absolute Gasteiger partial charge is 0.275 e. The highest BCUT2D eigenvalue weighted by Gasteiger charge is 2.23. The molecule has 7 nitrogen and oxygen atoms in total. The maximum absolute atomic E-state index is 14.5. The molecule has 4 aromatic rings. The molecular weight excluding hydrogens is 359 g/mol. The fourth-order valence-electron chi connectivity index (χ4n) is 2.76. The first-order valence-electron chi connectivity index (χ1n) is 8.00. The first-order chi connectivity index (χ1) is 12.6. The minimum atomic E-state index is -0.758. The number of carbonyl (C=O) groups is 1. The maximum atomic E-state index is 14.5. The molecule has 4 rings (SSSR count). The Morgan fingerprint density at radius 1 is 1.35 bits per heavy atom. The molecule has 0 radical (unpaired) electrons. The molecule has 0 saturated heterocycles. The SMILES string of the molecule is CC[C@@H](NC(=O)c1nc2ccc(Cl)cn2c1F)c1cn2cccnc2n1. The van der Waals surface area contributed by atoms with Crippen LogP contribution in [0.2, 0.25) is 5.02 Å². The van der Waals surface area contributed by atoms with Crippen LogP contribution in [-0.4, -0.2) is 29.7 Å². The largest absolute Gasteiger partial charge is 0.342 e. The summed E-state index contributed by atoms with van der Waals surface area (Å²) in [7, 11) is 0. The molecule has 0 aliphatic carbocycles. The Hall–Kier alpha value is -3.00. The first-order valence-corrected chi connectivity index (χ1v) is 8.38. The molecule has 9 heteroatoms. The summed E-state index contributed by atoms with van der Waals surface area (Å²) in [4.78, 5) is 25.2. The van der Waals surface area contributed by atoms with Gasteiger partial charge in [-0.05, 0) is 24.6 Å². The summed E-state index contributed by atoms with van der Waals surface area (Å²) in [6.45, 7) is 1.90. The topological polar surface area (TPSA) is 76.6 Å². The third kappa shape index (κ3) is 2.78.